The molecule has 1 heterocycles. The number of furan rings is 1. The Morgan fingerprint density at radius 2 is 0.823 bits per heavy atom. The zero-order chi connectivity index (χ0) is 41.4. The predicted octanol–water partition coefficient (Wildman–Crippen LogP) is 17.0. The zero-order valence-electron chi connectivity index (χ0n) is 34.3. The number of nitrogens with zero attached hydrogens (tertiary/aromatic N) is 2. The van der Waals surface area contributed by atoms with Gasteiger partial charge in [-0.3, -0.25) is 0 Å². The highest BCUT2D eigenvalue weighted by Crippen LogP contribution is 2.45. The number of benzene rings is 10. The van der Waals surface area contributed by atoms with Crippen LogP contribution in [-0.2, 0) is 0 Å². The first-order chi connectivity index (χ1) is 30.6. The minimum Gasteiger partial charge on any atom is -0.456 e. The topological polar surface area (TPSA) is 19.6 Å². The van der Waals surface area contributed by atoms with E-state index in [9.17, 15) is 0 Å². The number of para-hydroxylation sites is 2. The quantitative estimate of drug-likeness (QED) is 0.145. The molecule has 3 heteroatoms. The molecule has 10 aromatic carbocycles. The third-order valence-electron chi connectivity index (χ3n) is 11.9. The molecule has 0 aliphatic carbocycles. The Morgan fingerprint density at radius 3 is 1.45 bits per heavy atom. The van der Waals surface area contributed by atoms with Crippen molar-refractivity contribution in [2.75, 3.05) is 9.80 Å². The number of rotatable bonds is 9. The van der Waals surface area contributed by atoms with Crippen LogP contribution < -0.4 is 9.80 Å². The van der Waals surface area contributed by atoms with E-state index in [-0.39, 0.29) is 0 Å². The maximum atomic E-state index is 6.54. The summed E-state index contributed by atoms with van der Waals surface area (Å²) < 4.78 is 6.54. The average Bonchev–Trinajstić information content (AvgIpc) is 3.72. The van der Waals surface area contributed by atoms with Gasteiger partial charge in [-0.1, -0.05) is 146 Å². The third-order valence-corrected chi connectivity index (χ3v) is 11.9. The minimum atomic E-state index is 0.869. The summed E-state index contributed by atoms with van der Waals surface area (Å²) in [6.45, 7) is 2.15. The first kappa shape index (κ1) is 36.9. The Morgan fingerprint density at radius 1 is 0.323 bits per heavy atom. The fourth-order valence-corrected chi connectivity index (χ4v) is 8.91. The molecule has 0 bridgehead atoms. The standard InChI is InChI=1S/C59H42N2O/c1-41-15-13-26-57-59(41)54-36-35-53(40-58(54)62-57)61(56-39-48-19-12-11-18-47(48)38-55(56)44-16-5-2-6-17-44)52-33-29-43(30-34-52)46-21-14-20-45(37-46)42-27-31-51(32-28-42)60(49-22-7-3-8-23-49)50-24-9-4-10-25-50/h2-40H,1H3. The second-order valence-electron chi connectivity index (χ2n) is 15.8. The maximum absolute atomic E-state index is 6.54. The molecule has 0 atom stereocenters. The van der Waals surface area contributed by atoms with Gasteiger partial charge in [-0.05, 0) is 136 Å². The summed E-state index contributed by atoms with van der Waals surface area (Å²) in [6, 6.07) is 84.7. The van der Waals surface area contributed by atoms with Gasteiger partial charge in [-0.25, -0.2) is 0 Å². The fourth-order valence-electron chi connectivity index (χ4n) is 8.91. The lowest BCUT2D eigenvalue weighted by atomic mass is 9.96. The number of fused-ring (bicyclic) bond motifs is 4. The molecular weight excluding hydrogens is 753 g/mol. The molecule has 11 rings (SSSR count). The first-order valence-corrected chi connectivity index (χ1v) is 21.2. The number of hydrogen-bond donors (Lipinski definition) is 0. The van der Waals surface area contributed by atoms with Crippen molar-refractivity contribution in [3.05, 3.63) is 242 Å². The molecule has 62 heavy (non-hydrogen) atoms. The molecule has 0 radical (unpaired) electrons. The summed E-state index contributed by atoms with van der Waals surface area (Å²) in [4.78, 5) is 4.67. The lowest BCUT2D eigenvalue weighted by Crippen LogP contribution is -2.11. The lowest BCUT2D eigenvalue weighted by Gasteiger charge is -2.28. The molecule has 0 spiro atoms. The highest BCUT2D eigenvalue weighted by Gasteiger charge is 2.21. The maximum Gasteiger partial charge on any atom is 0.137 e. The van der Waals surface area contributed by atoms with Crippen molar-refractivity contribution < 1.29 is 4.42 Å². The van der Waals surface area contributed by atoms with Gasteiger partial charge in [0, 0.05) is 50.8 Å². The van der Waals surface area contributed by atoms with E-state index in [4.69, 9.17) is 4.42 Å². The molecule has 3 nitrogen and oxygen atoms in total. The summed E-state index contributed by atoms with van der Waals surface area (Å²) in [5.74, 6) is 0. The van der Waals surface area contributed by atoms with Crippen molar-refractivity contribution in [3.8, 4) is 33.4 Å². The van der Waals surface area contributed by atoms with Crippen molar-refractivity contribution in [2.45, 2.75) is 6.92 Å². The molecule has 1 aromatic heterocycles. The third kappa shape index (κ3) is 6.86. The SMILES string of the molecule is Cc1cccc2oc3cc(N(c4ccc(-c5cccc(-c6ccc(N(c7ccccc7)c7ccccc7)cc6)c5)cc4)c4cc5ccccc5cc4-c4ccccc4)ccc3c12. The molecule has 0 saturated carbocycles. The molecule has 0 saturated heterocycles. The first-order valence-electron chi connectivity index (χ1n) is 21.2. The summed E-state index contributed by atoms with van der Waals surface area (Å²) >= 11 is 0. The summed E-state index contributed by atoms with van der Waals surface area (Å²) in [7, 11) is 0. The van der Waals surface area contributed by atoms with Crippen molar-refractivity contribution in [1.29, 1.82) is 0 Å². The van der Waals surface area contributed by atoms with Crippen LogP contribution in [0.3, 0.4) is 0 Å². The van der Waals surface area contributed by atoms with Gasteiger partial charge in [-0.2, -0.15) is 0 Å². The van der Waals surface area contributed by atoms with Gasteiger partial charge in [0.2, 0.25) is 0 Å². The minimum absolute atomic E-state index is 0.869. The Bertz CT molecular complexity index is 3300. The van der Waals surface area contributed by atoms with Crippen LogP contribution in [0.5, 0.6) is 0 Å². The molecular formula is C59H42N2O. The van der Waals surface area contributed by atoms with Gasteiger partial charge in [0.25, 0.3) is 0 Å². The summed E-state index contributed by atoms with van der Waals surface area (Å²) in [6.07, 6.45) is 0. The molecule has 0 aliphatic heterocycles. The molecule has 0 aliphatic rings. The molecule has 0 N–H and O–H groups in total. The molecule has 11 aromatic rings. The van der Waals surface area contributed by atoms with E-state index < -0.39 is 0 Å². The van der Waals surface area contributed by atoms with Crippen molar-refractivity contribution >= 4 is 66.8 Å². The van der Waals surface area contributed by atoms with Crippen LogP contribution in [0.2, 0.25) is 0 Å². The zero-order valence-corrected chi connectivity index (χ0v) is 34.3. The molecule has 0 unspecified atom stereocenters. The number of hydrogen-bond acceptors (Lipinski definition) is 3. The normalized spacial score (nSPS) is 11.3. The van der Waals surface area contributed by atoms with E-state index in [1.54, 1.807) is 0 Å². The van der Waals surface area contributed by atoms with Crippen LogP contribution in [0.1, 0.15) is 5.56 Å². The molecule has 0 fully saturated rings. The van der Waals surface area contributed by atoms with E-state index in [0.717, 1.165) is 72.9 Å². The smallest absolute Gasteiger partial charge is 0.137 e. The number of aryl methyl sites for hydroxylation is 1. The van der Waals surface area contributed by atoms with E-state index in [1.807, 2.05) is 0 Å². The van der Waals surface area contributed by atoms with Crippen LogP contribution in [0.25, 0.3) is 66.1 Å². The largest absolute Gasteiger partial charge is 0.456 e. The van der Waals surface area contributed by atoms with E-state index in [1.165, 1.54) is 32.8 Å². The van der Waals surface area contributed by atoms with Crippen LogP contribution in [0, 0.1) is 6.92 Å². The monoisotopic (exact) mass is 794 g/mol. The number of anilines is 6. The second kappa shape index (κ2) is 15.8. The summed E-state index contributed by atoms with van der Waals surface area (Å²) in [5, 5.41) is 4.67. The Hall–Kier alpha value is -8.14. The Kier molecular flexibility index (Phi) is 9.40. The van der Waals surface area contributed by atoms with E-state index in [2.05, 4.69) is 253 Å². The lowest BCUT2D eigenvalue weighted by molar-refractivity contribution is 0.669. The molecule has 294 valence electrons. The Labute approximate surface area is 362 Å². The van der Waals surface area contributed by atoms with Crippen LogP contribution in [0.4, 0.5) is 34.1 Å². The van der Waals surface area contributed by atoms with Gasteiger partial charge in [0.05, 0.1) is 5.69 Å². The van der Waals surface area contributed by atoms with Crippen molar-refractivity contribution in [2.24, 2.45) is 0 Å². The van der Waals surface area contributed by atoms with Crippen LogP contribution in [0.15, 0.2) is 241 Å². The van der Waals surface area contributed by atoms with Gasteiger partial charge in [0.15, 0.2) is 0 Å². The highest BCUT2D eigenvalue weighted by atomic mass is 16.3. The summed E-state index contributed by atoms with van der Waals surface area (Å²) in [5.41, 5.74) is 16.5. The van der Waals surface area contributed by atoms with Gasteiger partial charge >= 0.3 is 0 Å². The van der Waals surface area contributed by atoms with E-state index in [0.29, 0.717) is 0 Å². The van der Waals surface area contributed by atoms with Crippen LogP contribution >= 0.6 is 0 Å². The second-order valence-corrected chi connectivity index (χ2v) is 15.8. The Balaban J connectivity index is 0.983. The highest BCUT2D eigenvalue weighted by molar-refractivity contribution is 6.08. The predicted molar refractivity (Wildman–Crippen MR) is 262 cm³/mol. The van der Waals surface area contributed by atoms with E-state index >= 15 is 0 Å². The van der Waals surface area contributed by atoms with Crippen molar-refractivity contribution in [1.82, 2.24) is 0 Å². The average molecular weight is 795 g/mol. The van der Waals surface area contributed by atoms with Crippen LogP contribution in [-0.4, -0.2) is 0 Å². The molecule has 0 amide bonds. The van der Waals surface area contributed by atoms with Crippen molar-refractivity contribution in [3.63, 3.8) is 0 Å². The fraction of sp³-hybridized carbons (Fsp3) is 0.0169. The van der Waals surface area contributed by atoms with Gasteiger partial charge in [-0.15, -0.1) is 0 Å². The van der Waals surface area contributed by atoms with Gasteiger partial charge in [0.1, 0.15) is 11.2 Å². The van der Waals surface area contributed by atoms with Gasteiger partial charge < -0.3 is 14.2 Å².